The van der Waals surface area contributed by atoms with E-state index >= 15 is 0 Å². The molecular formula is C13H10ClF3N2O4S. The number of aromatic nitrogens is 1. The van der Waals surface area contributed by atoms with Crippen LogP contribution in [0.1, 0.15) is 0 Å². The minimum Gasteiger partial charge on any atom is -0.493 e. The van der Waals surface area contributed by atoms with Crippen LogP contribution in [0.25, 0.3) is 0 Å². The van der Waals surface area contributed by atoms with Crippen LogP contribution in [0.5, 0.6) is 11.5 Å². The number of alkyl halides is 3. The van der Waals surface area contributed by atoms with Gasteiger partial charge < -0.3 is 9.47 Å². The first-order valence-electron chi connectivity index (χ1n) is 6.19. The second-order valence-electron chi connectivity index (χ2n) is 4.33. The number of ether oxygens (including phenoxy) is 2. The quantitative estimate of drug-likeness (QED) is 0.857. The molecule has 1 aromatic carbocycles. The van der Waals surface area contributed by atoms with Gasteiger partial charge in [0, 0.05) is 18.3 Å². The van der Waals surface area contributed by atoms with E-state index in [-0.39, 0.29) is 16.6 Å². The van der Waals surface area contributed by atoms with Gasteiger partial charge in [0.2, 0.25) is 0 Å². The number of sulfonamides is 1. The van der Waals surface area contributed by atoms with Crippen molar-refractivity contribution in [3.05, 3.63) is 41.6 Å². The van der Waals surface area contributed by atoms with Crippen molar-refractivity contribution in [2.24, 2.45) is 0 Å². The molecule has 0 amide bonds. The SMILES string of the molecule is COc1cc(Cl)cnc1NS(=O)(=O)c1cccc(OC(F)(F)F)c1. The van der Waals surface area contributed by atoms with E-state index in [9.17, 15) is 21.6 Å². The van der Waals surface area contributed by atoms with Crippen molar-refractivity contribution in [3.63, 3.8) is 0 Å². The number of pyridine rings is 1. The Morgan fingerprint density at radius 3 is 2.58 bits per heavy atom. The van der Waals surface area contributed by atoms with Crippen molar-refractivity contribution in [2.45, 2.75) is 11.3 Å². The topological polar surface area (TPSA) is 77.5 Å². The van der Waals surface area contributed by atoms with E-state index in [0.717, 1.165) is 24.3 Å². The van der Waals surface area contributed by atoms with Crippen LogP contribution < -0.4 is 14.2 Å². The van der Waals surface area contributed by atoms with Crippen molar-refractivity contribution >= 4 is 27.4 Å². The van der Waals surface area contributed by atoms with Gasteiger partial charge in [0.15, 0.2) is 11.6 Å². The third-order valence-corrected chi connectivity index (χ3v) is 4.16. The Kier molecular flexibility index (Phi) is 5.09. The lowest BCUT2D eigenvalue weighted by Gasteiger charge is -2.12. The fraction of sp³-hybridized carbons (Fsp3) is 0.154. The zero-order chi connectivity index (χ0) is 18.0. The number of benzene rings is 1. The van der Waals surface area contributed by atoms with E-state index in [1.165, 1.54) is 19.4 Å². The number of methoxy groups -OCH3 is 1. The summed E-state index contributed by atoms with van der Waals surface area (Å²) in [5, 5.41) is 0.218. The molecule has 1 heterocycles. The number of nitrogens with zero attached hydrogens (tertiary/aromatic N) is 1. The summed E-state index contributed by atoms with van der Waals surface area (Å²) >= 11 is 5.72. The molecule has 0 unspecified atom stereocenters. The standard InChI is InChI=1S/C13H10ClF3N2O4S/c1-22-11-5-8(14)7-18-12(11)19-24(20,21)10-4-2-3-9(6-10)23-13(15,16)17/h2-7H,1H3,(H,18,19). The van der Waals surface area contributed by atoms with Crippen LogP contribution in [0.4, 0.5) is 19.0 Å². The van der Waals surface area contributed by atoms with Crippen molar-refractivity contribution < 1.29 is 31.1 Å². The highest BCUT2D eigenvalue weighted by Crippen LogP contribution is 2.29. The molecule has 0 saturated carbocycles. The van der Waals surface area contributed by atoms with E-state index in [1.807, 2.05) is 0 Å². The van der Waals surface area contributed by atoms with Gasteiger partial charge in [-0.3, -0.25) is 4.72 Å². The first-order chi connectivity index (χ1) is 11.1. The van der Waals surface area contributed by atoms with E-state index < -0.39 is 27.0 Å². The van der Waals surface area contributed by atoms with Gasteiger partial charge >= 0.3 is 6.36 Å². The minimum absolute atomic E-state index is 0.0498. The van der Waals surface area contributed by atoms with Crippen LogP contribution in [0.2, 0.25) is 5.02 Å². The molecule has 0 radical (unpaired) electrons. The Labute approximate surface area is 140 Å². The zero-order valence-electron chi connectivity index (χ0n) is 12.0. The third kappa shape index (κ3) is 4.65. The van der Waals surface area contributed by atoms with Crippen molar-refractivity contribution in [1.82, 2.24) is 4.98 Å². The monoisotopic (exact) mass is 382 g/mol. The lowest BCUT2D eigenvalue weighted by atomic mass is 10.3. The molecule has 11 heteroatoms. The largest absolute Gasteiger partial charge is 0.573 e. The first-order valence-corrected chi connectivity index (χ1v) is 8.05. The third-order valence-electron chi connectivity index (χ3n) is 2.62. The number of hydrogen-bond acceptors (Lipinski definition) is 5. The number of halogens is 4. The predicted octanol–water partition coefficient (Wildman–Crippen LogP) is 3.44. The number of hydrogen-bond donors (Lipinski definition) is 1. The predicted molar refractivity (Wildman–Crippen MR) is 79.7 cm³/mol. The molecule has 0 atom stereocenters. The molecular weight excluding hydrogens is 373 g/mol. The second kappa shape index (κ2) is 6.73. The highest BCUT2D eigenvalue weighted by Gasteiger charge is 2.31. The van der Waals surface area contributed by atoms with Crippen molar-refractivity contribution in [3.8, 4) is 11.5 Å². The summed E-state index contributed by atoms with van der Waals surface area (Å²) in [5.41, 5.74) is 0. The summed E-state index contributed by atoms with van der Waals surface area (Å²) < 4.78 is 72.0. The number of rotatable bonds is 5. The highest BCUT2D eigenvalue weighted by molar-refractivity contribution is 7.92. The molecule has 0 aliphatic heterocycles. The fourth-order valence-electron chi connectivity index (χ4n) is 1.68. The van der Waals surface area contributed by atoms with Gasteiger partial charge in [-0.1, -0.05) is 17.7 Å². The Balaban J connectivity index is 2.33. The molecule has 1 aromatic heterocycles. The summed E-state index contributed by atoms with van der Waals surface area (Å²) in [7, 11) is -2.94. The van der Waals surface area contributed by atoms with E-state index in [0.29, 0.717) is 0 Å². The molecule has 1 N–H and O–H groups in total. The first kappa shape index (κ1) is 18.1. The average molecular weight is 383 g/mol. The van der Waals surface area contributed by atoms with Crippen LogP contribution >= 0.6 is 11.6 Å². The molecule has 0 aliphatic rings. The van der Waals surface area contributed by atoms with Gasteiger partial charge in [-0.25, -0.2) is 13.4 Å². The van der Waals surface area contributed by atoms with Gasteiger partial charge in [0.25, 0.3) is 10.0 Å². The van der Waals surface area contributed by atoms with Crippen LogP contribution in [-0.2, 0) is 10.0 Å². The van der Waals surface area contributed by atoms with Crippen molar-refractivity contribution in [2.75, 3.05) is 11.8 Å². The van der Waals surface area contributed by atoms with Gasteiger partial charge in [0.1, 0.15) is 5.75 Å². The van der Waals surface area contributed by atoms with Gasteiger partial charge in [-0.15, -0.1) is 13.2 Å². The van der Waals surface area contributed by atoms with E-state index in [1.54, 1.807) is 0 Å². The molecule has 6 nitrogen and oxygen atoms in total. The summed E-state index contributed by atoms with van der Waals surface area (Å²) in [6, 6.07) is 5.26. The van der Waals surface area contributed by atoms with Crippen LogP contribution in [0.3, 0.4) is 0 Å². The summed E-state index contributed by atoms with van der Waals surface area (Å²) in [6.45, 7) is 0. The maximum Gasteiger partial charge on any atom is 0.573 e. The normalized spacial score (nSPS) is 11.9. The zero-order valence-corrected chi connectivity index (χ0v) is 13.5. The van der Waals surface area contributed by atoms with Gasteiger partial charge in [-0.2, -0.15) is 0 Å². The molecule has 0 bridgehead atoms. The van der Waals surface area contributed by atoms with E-state index in [2.05, 4.69) is 14.4 Å². The summed E-state index contributed by atoms with van der Waals surface area (Å²) in [5.74, 6) is -0.779. The molecule has 0 aliphatic carbocycles. The molecule has 0 fully saturated rings. The lowest BCUT2D eigenvalue weighted by Crippen LogP contribution is -2.18. The van der Waals surface area contributed by atoms with E-state index in [4.69, 9.17) is 16.3 Å². The lowest BCUT2D eigenvalue weighted by molar-refractivity contribution is -0.274. The molecule has 0 saturated heterocycles. The van der Waals surface area contributed by atoms with Crippen molar-refractivity contribution in [1.29, 1.82) is 0 Å². The maximum atomic E-state index is 12.3. The molecule has 2 aromatic rings. The smallest absolute Gasteiger partial charge is 0.493 e. The Morgan fingerprint density at radius 2 is 1.96 bits per heavy atom. The molecule has 0 spiro atoms. The van der Waals surface area contributed by atoms with Gasteiger partial charge in [0.05, 0.1) is 17.0 Å². The fourth-order valence-corrected chi connectivity index (χ4v) is 2.88. The number of anilines is 1. The molecule has 2 rings (SSSR count). The number of nitrogens with one attached hydrogen (secondary N) is 1. The minimum atomic E-state index is -4.93. The van der Waals surface area contributed by atoms with Gasteiger partial charge in [-0.05, 0) is 12.1 Å². The molecule has 24 heavy (non-hydrogen) atoms. The highest BCUT2D eigenvalue weighted by atomic mass is 35.5. The Morgan fingerprint density at radius 1 is 1.25 bits per heavy atom. The van der Waals surface area contributed by atoms with Crippen LogP contribution in [-0.4, -0.2) is 26.9 Å². The van der Waals surface area contributed by atoms with Crippen LogP contribution in [0, 0.1) is 0 Å². The maximum absolute atomic E-state index is 12.3. The Bertz CT molecular complexity index is 843. The average Bonchev–Trinajstić information content (AvgIpc) is 2.47. The Hall–Kier alpha value is -2.20. The summed E-state index contributed by atoms with van der Waals surface area (Å²) in [6.07, 6.45) is -3.75. The summed E-state index contributed by atoms with van der Waals surface area (Å²) in [4.78, 5) is 3.34. The van der Waals surface area contributed by atoms with Crippen LogP contribution in [0.15, 0.2) is 41.4 Å². The second-order valence-corrected chi connectivity index (χ2v) is 6.45. The molecule has 130 valence electrons.